The van der Waals surface area contributed by atoms with Crippen LogP contribution in [0.15, 0.2) is 23.3 Å². The number of allylic oxidation sites excluding steroid dienone is 1. The lowest BCUT2D eigenvalue weighted by Crippen LogP contribution is -2.40. The first-order valence-corrected chi connectivity index (χ1v) is 42.8. The van der Waals surface area contributed by atoms with E-state index in [9.17, 15) is 19.8 Å². The van der Waals surface area contributed by atoms with Crippen LogP contribution >= 0.6 is 23.5 Å². The van der Waals surface area contributed by atoms with Gasteiger partial charge in [0.25, 0.3) is 0 Å². The van der Waals surface area contributed by atoms with Gasteiger partial charge in [0, 0.05) is 71.2 Å². The zero-order valence-electron chi connectivity index (χ0n) is 71.8. The van der Waals surface area contributed by atoms with Crippen molar-refractivity contribution < 1.29 is 34.0 Å². The van der Waals surface area contributed by atoms with Gasteiger partial charge in [-0.25, -0.2) is 0 Å². The smallest absolute Gasteiger partial charge is 0.225 e. The Morgan fingerprint density at radius 3 is 1.19 bits per heavy atom. The fourth-order valence-electron chi connectivity index (χ4n) is 12.6. The van der Waals surface area contributed by atoms with Crippen LogP contribution < -0.4 is 0 Å². The van der Waals surface area contributed by atoms with E-state index in [0.717, 1.165) is 125 Å². The van der Waals surface area contributed by atoms with Crippen molar-refractivity contribution in [1.82, 2.24) is 9.80 Å². The second-order valence-electron chi connectivity index (χ2n) is 36.3. The van der Waals surface area contributed by atoms with Gasteiger partial charge < -0.3 is 34.2 Å². The molecule has 0 radical (unpaired) electrons. The lowest BCUT2D eigenvalue weighted by molar-refractivity contribution is -0.133. The van der Waals surface area contributed by atoms with Gasteiger partial charge in [-0.15, -0.1) is 0 Å². The minimum Gasteiger partial charge on any atom is -0.390 e. The molecule has 6 aliphatic heterocycles. The summed E-state index contributed by atoms with van der Waals surface area (Å²) >= 11 is 4.16. The number of amides is 2. The number of rotatable bonds is 13. The van der Waals surface area contributed by atoms with Gasteiger partial charge in [0.1, 0.15) is 0 Å². The molecule has 0 spiro atoms. The van der Waals surface area contributed by atoms with E-state index in [0.29, 0.717) is 47.7 Å². The first kappa shape index (κ1) is 103. The van der Waals surface area contributed by atoms with E-state index in [1.54, 1.807) is 30.1 Å². The summed E-state index contributed by atoms with van der Waals surface area (Å²) < 4.78 is 15.6. The zero-order valence-corrected chi connectivity index (χ0v) is 73.4. The predicted octanol–water partition coefficient (Wildman–Crippen LogP) is 24.3. The van der Waals surface area contributed by atoms with Crippen LogP contribution in [-0.4, -0.2) is 133 Å². The minimum atomic E-state index is -0.446. The molecule has 0 aromatic rings. The van der Waals surface area contributed by atoms with Crippen LogP contribution in [-0.2, 0) is 23.8 Å². The molecule has 0 unspecified atom stereocenters. The van der Waals surface area contributed by atoms with Gasteiger partial charge in [-0.2, -0.15) is 23.5 Å². The third-order valence-corrected chi connectivity index (χ3v) is 21.4. The number of thioether (sulfide) groups is 2. The van der Waals surface area contributed by atoms with Crippen molar-refractivity contribution >= 4 is 35.3 Å². The Morgan fingerprint density at radius 1 is 0.510 bits per heavy atom. The molecule has 0 bridgehead atoms. The van der Waals surface area contributed by atoms with E-state index in [-0.39, 0.29) is 23.3 Å². The van der Waals surface area contributed by atoms with Crippen molar-refractivity contribution in [3.8, 4) is 0 Å². The van der Waals surface area contributed by atoms with E-state index in [1.807, 2.05) is 44.4 Å². The van der Waals surface area contributed by atoms with Crippen molar-refractivity contribution in [2.75, 3.05) is 89.8 Å². The molecule has 1 aliphatic carbocycles. The summed E-state index contributed by atoms with van der Waals surface area (Å²) in [5.41, 5.74) is 3.50. The molecular formula is C87H176N2O7S2. The van der Waals surface area contributed by atoms with Crippen LogP contribution in [0.4, 0.5) is 0 Å². The van der Waals surface area contributed by atoms with E-state index >= 15 is 0 Å². The molecule has 0 atom stereocenters. The standard InChI is InChI=1S/C9H18O.C9H20.C8H15NO.C8H16O2.C8H16O.C8H14O.C8H16S.C8H14S.C8H18.C7H16.C6H13NO/c1-8(2)9(10)6-4-3-5-7-9;1-8(2)6-7-9(3,4)5;1-7(2)8(10)9-5-3-4-6-9;1-7(2)8(9)3-5-10-6-4-8;4*1-7(2)8-3-5-9-6-4-8;1-7(2)6-8(3,4)5;1-6(2)5-7(3)4;1-5(2)6(8)7(3)4/h8,10H,3-7H2,1-2H3;8H,6-7H2,1-5H3;7H,3-6H2,1-2H3;7,9H,3-6H2,1-2H3;7-8H,3-6H2,1-2H3;3,7H,4-6H2,1-2H3;7-8H,3-6H2,1-2H3;3,7H,4-6H2,1-2H3;7H,6H2,1-5H3;6-7H,5H2,1-4H3;5H,1-4H3. The quantitative estimate of drug-likeness (QED) is 0.174. The lowest BCUT2D eigenvalue weighted by atomic mass is 9.77. The third kappa shape index (κ3) is 61.2. The summed E-state index contributed by atoms with van der Waals surface area (Å²) in [5.74, 6) is 15.7. The fourth-order valence-corrected chi connectivity index (χ4v) is 14.7. The van der Waals surface area contributed by atoms with Crippen LogP contribution in [0, 0.1) is 93.7 Å². The maximum absolute atomic E-state index is 11.3. The van der Waals surface area contributed by atoms with Gasteiger partial charge in [0.05, 0.1) is 24.4 Å². The predicted molar refractivity (Wildman–Crippen MR) is 440 cm³/mol. The van der Waals surface area contributed by atoms with Crippen LogP contribution in [0.1, 0.15) is 330 Å². The molecule has 0 aromatic carbocycles. The van der Waals surface area contributed by atoms with E-state index < -0.39 is 5.60 Å². The van der Waals surface area contributed by atoms with Crippen LogP contribution in [0.25, 0.3) is 0 Å². The Balaban J connectivity index is -0.000000497. The van der Waals surface area contributed by atoms with Crippen LogP contribution in [0.5, 0.6) is 0 Å². The second kappa shape index (κ2) is 59.1. The van der Waals surface area contributed by atoms with Crippen molar-refractivity contribution in [1.29, 1.82) is 0 Å². The van der Waals surface area contributed by atoms with Crippen LogP contribution in [0.3, 0.4) is 0 Å². The Hall–Kier alpha value is -1.08. The summed E-state index contributed by atoms with van der Waals surface area (Å²) in [7, 11) is 3.53. The molecule has 2 amide bonds. The minimum absolute atomic E-state index is 0.130. The molecule has 98 heavy (non-hydrogen) atoms. The Kier molecular flexibility index (Phi) is 62.3. The molecule has 588 valence electrons. The number of carbonyl (C=O) groups is 2. The van der Waals surface area contributed by atoms with Crippen LogP contribution in [0.2, 0.25) is 0 Å². The van der Waals surface area contributed by atoms with Gasteiger partial charge in [0.2, 0.25) is 11.8 Å². The number of nitrogens with zero attached hydrogens (tertiary/aromatic N) is 2. The molecule has 0 aromatic heterocycles. The number of carbonyl (C=O) groups excluding carboxylic acids is 2. The van der Waals surface area contributed by atoms with Gasteiger partial charge in [-0.1, -0.05) is 257 Å². The van der Waals surface area contributed by atoms with Crippen molar-refractivity contribution in [2.45, 2.75) is 341 Å². The molecule has 9 nitrogen and oxygen atoms in total. The lowest BCUT2D eigenvalue weighted by Gasteiger charge is -2.35. The molecule has 1 saturated carbocycles. The number of hydrogen-bond acceptors (Lipinski definition) is 9. The summed E-state index contributed by atoms with van der Waals surface area (Å²) in [6.45, 7) is 73.4. The van der Waals surface area contributed by atoms with Gasteiger partial charge in [-0.3, -0.25) is 9.59 Å². The zero-order chi connectivity index (χ0) is 76.4. The molecule has 11 heteroatoms. The fraction of sp³-hybridized carbons (Fsp3) is 0.931. The maximum Gasteiger partial charge on any atom is 0.225 e. The van der Waals surface area contributed by atoms with Gasteiger partial charge >= 0.3 is 0 Å². The molecule has 7 rings (SSSR count). The molecule has 4 saturated heterocycles. The average Bonchev–Trinajstić information content (AvgIpc) is 1.12. The molecular weight excluding hydrogens is 1250 g/mol. The monoisotopic (exact) mass is 1430 g/mol. The number of hydrogen-bond donors (Lipinski definition) is 2. The highest BCUT2D eigenvalue weighted by atomic mass is 32.2. The third-order valence-electron chi connectivity index (χ3n) is 19.4. The Morgan fingerprint density at radius 2 is 0.959 bits per heavy atom. The maximum atomic E-state index is 11.3. The number of likely N-dealkylation sites (tertiary alicyclic amines) is 1. The molecule has 2 N–H and O–H groups in total. The van der Waals surface area contributed by atoms with E-state index in [2.05, 4.69) is 204 Å². The SMILES string of the molecule is CC(C)C(=O)N(C)C.CC(C)C(=O)N1CCCC1.CC(C)C1(O)CCCCC1.CC(C)C1(O)CCOCC1.CC(C)C1=CCOCC1.CC(C)C1=CCSCC1.CC(C)C1CCOCC1.CC(C)C1CCSCC1.CC(C)CC(C)(C)C.CC(C)CC(C)C.CC(C)CCC(C)(C)C. The number of ether oxygens (including phenoxy) is 3. The summed E-state index contributed by atoms with van der Waals surface area (Å²) in [4.78, 5) is 25.6. The molecule has 7 aliphatic rings. The highest BCUT2D eigenvalue weighted by molar-refractivity contribution is 7.99. The topological polar surface area (TPSA) is 109 Å². The van der Waals surface area contributed by atoms with Crippen molar-refractivity contribution in [2.24, 2.45) is 93.7 Å². The molecule has 6 heterocycles. The van der Waals surface area contributed by atoms with E-state index in [1.165, 1.54) is 113 Å². The van der Waals surface area contributed by atoms with Gasteiger partial charge in [0.15, 0.2) is 0 Å². The largest absolute Gasteiger partial charge is 0.390 e. The Labute approximate surface area is 623 Å². The Bertz CT molecular complexity index is 1800. The second-order valence-corrected chi connectivity index (χ2v) is 38.7. The average molecular weight is 1430 g/mol. The normalized spacial score (nSPS) is 18.7. The first-order chi connectivity index (χ1) is 45.2. The first-order valence-electron chi connectivity index (χ1n) is 40.5. The van der Waals surface area contributed by atoms with E-state index in [4.69, 9.17) is 14.2 Å². The molecule has 5 fully saturated rings. The summed E-state index contributed by atoms with van der Waals surface area (Å²) in [6, 6.07) is 0. The number of aliphatic hydroxyl groups is 2. The van der Waals surface area contributed by atoms with Crippen molar-refractivity contribution in [3.63, 3.8) is 0 Å². The van der Waals surface area contributed by atoms with Gasteiger partial charge in [-0.05, 0) is 195 Å². The summed E-state index contributed by atoms with van der Waals surface area (Å²) in [5, 5.41) is 19.8. The van der Waals surface area contributed by atoms with Crippen molar-refractivity contribution in [3.05, 3.63) is 23.3 Å². The summed E-state index contributed by atoms with van der Waals surface area (Å²) in [6.07, 6.45) is 27.7. The highest BCUT2D eigenvalue weighted by Gasteiger charge is 2.33. The highest BCUT2D eigenvalue weighted by Crippen LogP contribution is 2.34.